The molecule has 0 heterocycles. The molecule has 0 aliphatic carbocycles. The Morgan fingerprint density at radius 2 is 2.00 bits per heavy atom. The molecule has 0 radical (unpaired) electrons. The summed E-state index contributed by atoms with van der Waals surface area (Å²) in [6.45, 7) is 7.89. The van der Waals surface area contributed by atoms with Crippen molar-refractivity contribution < 1.29 is 4.74 Å². The highest BCUT2D eigenvalue weighted by molar-refractivity contribution is 6.31. The number of halogens is 1. The number of hydrogen-bond acceptors (Lipinski definition) is 2. The van der Waals surface area contributed by atoms with Crippen molar-refractivity contribution in [3.63, 3.8) is 0 Å². The molecule has 0 saturated carbocycles. The van der Waals surface area contributed by atoms with E-state index in [1.54, 1.807) is 0 Å². The standard InChI is InChI=1S/C14H22ClNO/c1-4-13(9-16-11(2)3)17-10-12-7-5-6-8-14(12)15/h5-8,11,13,16H,4,9-10H2,1-3H3. The van der Waals surface area contributed by atoms with E-state index >= 15 is 0 Å². The Bertz CT molecular complexity index is 328. The third-order valence-corrected chi connectivity index (χ3v) is 3.01. The number of hydrogen-bond donors (Lipinski definition) is 1. The SMILES string of the molecule is CCC(CNC(C)C)OCc1ccccc1Cl. The van der Waals surface area contributed by atoms with Gasteiger partial charge in [-0.3, -0.25) is 0 Å². The fourth-order valence-corrected chi connectivity index (χ4v) is 1.70. The average molecular weight is 256 g/mol. The van der Waals surface area contributed by atoms with Gasteiger partial charge in [0.05, 0.1) is 12.7 Å². The Hall–Kier alpha value is -0.570. The predicted molar refractivity (Wildman–Crippen MR) is 73.5 cm³/mol. The molecule has 0 bridgehead atoms. The molecule has 0 aliphatic heterocycles. The molecule has 0 saturated heterocycles. The van der Waals surface area contributed by atoms with E-state index < -0.39 is 0 Å². The molecular formula is C14H22ClNO. The van der Waals surface area contributed by atoms with Crippen LogP contribution in [0, 0.1) is 0 Å². The zero-order chi connectivity index (χ0) is 12.7. The molecular weight excluding hydrogens is 234 g/mol. The molecule has 3 heteroatoms. The van der Waals surface area contributed by atoms with Crippen LogP contribution in [0.4, 0.5) is 0 Å². The maximum absolute atomic E-state index is 6.08. The van der Waals surface area contributed by atoms with Crippen LogP contribution in [-0.4, -0.2) is 18.7 Å². The van der Waals surface area contributed by atoms with Crippen molar-refractivity contribution in [3.8, 4) is 0 Å². The van der Waals surface area contributed by atoms with E-state index in [1.807, 2.05) is 24.3 Å². The Morgan fingerprint density at radius 1 is 1.29 bits per heavy atom. The number of nitrogens with one attached hydrogen (secondary N) is 1. The quantitative estimate of drug-likeness (QED) is 0.803. The van der Waals surface area contributed by atoms with Crippen LogP contribution in [-0.2, 0) is 11.3 Å². The Morgan fingerprint density at radius 3 is 2.59 bits per heavy atom. The summed E-state index contributed by atoms with van der Waals surface area (Å²) < 4.78 is 5.86. The van der Waals surface area contributed by atoms with Crippen LogP contribution < -0.4 is 5.32 Å². The van der Waals surface area contributed by atoms with Gasteiger partial charge in [-0.05, 0) is 18.1 Å². The van der Waals surface area contributed by atoms with E-state index in [-0.39, 0.29) is 6.10 Å². The summed E-state index contributed by atoms with van der Waals surface area (Å²) in [7, 11) is 0. The number of benzene rings is 1. The first kappa shape index (κ1) is 14.5. The second-order valence-corrected chi connectivity index (χ2v) is 4.90. The lowest BCUT2D eigenvalue weighted by atomic mass is 10.2. The van der Waals surface area contributed by atoms with Crippen molar-refractivity contribution in [1.82, 2.24) is 5.32 Å². The van der Waals surface area contributed by atoms with Gasteiger partial charge < -0.3 is 10.1 Å². The van der Waals surface area contributed by atoms with Gasteiger partial charge in [0.1, 0.15) is 0 Å². The minimum Gasteiger partial charge on any atom is -0.372 e. The highest BCUT2D eigenvalue weighted by Gasteiger charge is 2.08. The van der Waals surface area contributed by atoms with E-state index in [0.29, 0.717) is 12.6 Å². The molecule has 0 spiro atoms. The van der Waals surface area contributed by atoms with Gasteiger partial charge in [-0.1, -0.05) is 50.6 Å². The monoisotopic (exact) mass is 255 g/mol. The van der Waals surface area contributed by atoms with Crippen LogP contribution in [0.5, 0.6) is 0 Å². The van der Waals surface area contributed by atoms with Gasteiger partial charge >= 0.3 is 0 Å². The molecule has 1 unspecified atom stereocenters. The maximum Gasteiger partial charge on any atom is 0.0735 e. The Balaban J connectivity index is 2.40. The summed E-state index contributed by atoms with van der Waals surface area (Å²) in [6, 6.07) is 8.31. The van der Waals surface area contributed by atoms with E-state index in [2.05, 4.69) is 26.1 Å². The lowest BCUT2D eigenvalue weighted by molar-refractivity contribution is 0.0373. The summed E-state index contributed by atoms with van der Waals surface area (Å²) in [5, 5.41) is 4.17. The first-order chi connectivity index (χ1) is 8.13. The molecule has 0 amide bonds. The predicted octanol–water partition coefficient (Wildman–Crippen LogP) is 3.63. The zero-order valence-corrected chi connectivity index (χ0v) is 11.6. The lowest BCUT2D eigenvalue weighted by Crippen LogP contribution is -2.33. The van der Waals surface area contributed by atoms with E-state index in [9.17, 15) is 0 Å². The van der Waals surface area contributed by atoms with Gasteiger partial charge in [0.15, 0.2) is 0 Å². The first-order valence-electron chi connectivity index (χ1n) is 6.21. The fraction of sp³-hybridized carbons (Fsp3) is 0.571. The van der Waals surface area contributed by atoms with Crippen LogP contribution >= 0.6 is 11.6 Å². The molecule has 0 aliphatic rings. The van der Waals surface area contributed by atoms with Crippen molar-refractivity contribution in [1.29, 1.82) is 0 Å². The van der Waals surface area contributed by atoms with Gasteiger partial charge in [0, 0.05) is 17.6 Å². The fourth-order valence-electron chi connectivity index (χ4n) is 1.51. The van der Waals surface area contributed by atoms with E-state index in [1.165, 1.54) is 0 Å². The summed E-state index contributed by atoms with van der Waals surface area (Å²) in [5.41, 5.74) is 1.05. The highest BCUT2D eigenvalue weighted by atomic mass is 35.5. The summed E-state index contributed by atoms with van der Waals surface area (Å²) in [4.78, 5) is 0. The van der Waals surface area contributed by atoms with Gasteiger partial charge in [-0.25, -0.2) is 0 Å². The largest absolute Gasteiger partial charge is 0.372 e. The van der Waals surface area contributed by atoms with Crippen molar-refractivity contribution in [2.75, 3.05) is 6.54 Å². The van der Waals surface area contributed by atoms with Crippen LogP contribution in [0.25, 0.3) is 0 Å². The Labute approximate surface area is 109 Å². The smallest absolute Gasteiger partial charge is 0.0735 e. The average Bonchev–Trinajstić information content (AvgIpc) is 2.31. The topological polar surface area (TPSA) is 21.3 Å². The maximum atomic E-state index is 6.08. The van der Waals surface area contributed by atoms with Crippen molar-refractivity contribution in [2.45, 2.75) is 45.9 Å². The van der Waals surface area contributed by atoms with Crippen molar-refractivity contribution in [2.24, 2.45) is 0 Å². The molecule has 96 valence electrons. The van der Waals surface area contributed by atoms with Gasteiger partial charge in [-0.2, -0.15) is 0 Å². The third kappa shape index (κ3) is 5.53. The summed E-state index contributed by atoms with van der Waals surface area (Å²) >= 11 is 6.08. The van der Waals surface area contributed by atoms with Crippen LogP contribution in [0.15, 0.2) is 24.3 Å². The molecule has 17 heavy (non-hydrogen) atoms. The number of rotatable bonds is 7. The van der Waals surface area contributed by atoms with Crippen LogP contribution in [0.2, 0.25) is 5.02 Å². The molecule has 1 atom stereocenters. The molecule has 1 N–H and O–H groups in total. The first-order valence-corrected chi connectivity index (χ1v) is 6.59. The van der Waals surface area contributed by atoms with E-state index in [0.717, 1.165) is 23.6 Å². The zero-order valence-electron chi connectivity index (χ0n) is 10.9. The normalized spacial score (nSPS) is 13.0. The molecule has 1 rings (SSSR count). The minimum atomic E-state index is 0.244. The third-order valence-electron chi connectivity index (χ3n) is 2.64. The summed E-state index contributed by atoms with van der Waals surface area (Å²) in [5.74, 6) is 0. The van der Waals surface area contributed by atoms with Crippen molar-refractivity contribution in [3.05, 3.63) is 34.9 Å². The minimum absolute atomic E-state index is 0.244. The Kier molecular flexibility index (Phi) is 6.56. The molecule has 0 fully saturated rings. The molecule has 1 aromatic carbocycles. The van der Waals surface area contributed by atoms with Crippen molar-refractivity contribution >= 4 is 11.6 Å². The van der Waals surface area contributed by atoms with Gasteiger partial charge in [0.25, 0.3) is 0 Å². The second-order valence-electron chi connectivity index (χ2n) is 4.50. The number of ether oxygens (including phenoxy) is 1. The van der Waals surface area contributed by atoms with Gasteiger partial charge in [-0.15, -0.1) is 0 Å². The summed E-state index contributed by atoms with van der Waals surface area (Å²) in [6.07, 6.45) is 1.25. The van der Waals surface area contributed by atoms with Crippen LogP contribution in [0.3, 0.4) is 0 Å². The second kappa shape index (κ2) is 7.70. The highest BCUT2D eigenvalue weighted by Crippen LogP contribution is 2.16. The molecule has 1 aromatic rings. The molecule has 0 aromatic heterocycles. The lowest BCUT2D eigenvalue weighted by Gasteiger charge is -2.18. The van der Waals surface area contributed by atoms with Crippen LogP contribution in [0.1, 0.15) is 32.8 Å². The van der Waals surface area contributed by atoms with E-state index in [4.69, 9.17) is 16.3 Å². The van der Waals surface area contributed by atoms with Gasteiger partial charge in [0.2, 0.25) is 0 Å². The molecule has 2 nitrogen and oxygen atoms in total.